The molecule has 10 nitrogen and oxygen atoms in total. The molecule has 0 aliphatic rings. The van der Waals surface area contributed by atoms with Gasteiger partial charge >= 0.3 is 0 Å². The number of hydrogen-bond donors (Lipinski definition) is 4. The van der Waals surface area contributed by atoms with E-state index in [9.17, 15) is 18.5 Å². The fourth-order valence-electron chi connectivity index (χ4n) is 1.59. The second-order valence-corrected chi connectivity index (χ2v) is 5.78. The first-order valence-corrected chi connectivity index (χ1v) is 7.15. The van der Waals surface area contributed by atoms with Crippen LogP contribution in [0.5, 0.6) is 0 Å². The summed E-state index contributed by atoms with van der Waals surface area (Å²) in [6.45, 7) is 0.0174. The number of hydrazine groups is 1. The van der Waals surface area contributed by atoms with Gasteiger partial charge in [0.2, 0.25) is 10.0 Å². The van der Waals surface area contributed by atoms with Gasteiger partial charge in [0, 0.05) is 24.4 Å². The molecule has 0 saturated carbocycles. The zero-order chi connectivity index (χ0) is 15.5. The molecule has 21 heavy (non-hydrogen) atoms. The molecule has 0 spiro atoms. The molecule has 11 heteroatoms. The van der Waals surface area contributed by atoms with Crippen LogP contribution in [0.2, 0.25) is 0 Å². The van der Waals surface area contributed by atoms with Crippen molar-refractivity contribution in [2.45, 2.75) is 11.4 Å². The van der Waals surface area contributed by atoms with Crippen molar-refractivity contribution in [2.24, 2.45) is 5.84 Å². The minimum Gasteiger partial charge on any atom is -0.318 e. The molecule has 0 radical (unpaired) electrons. The van der Waals surface area contributed by atoms with Crippen LogP contribution in [0.4, 0.5) is 11.4 Å². The van der Waals surface area contributed by atoms with Crippen LogP contribution in [-0.2, 0) is 16.6 Å². The fourth-order valence-corrected chi connectivity index (χ4v) is 2.63. The number of H-pyrrole nitrogens is 1. The van der Waals surface area contributed by atoms with E-state index in [1.165, 1.54) is 24.5 Å². The highest BCUT2D eigenvalue weighted by Crippen LogP contribution is 2.26. The van der Waals surface area contributed by atoms with Crippen LogP contribution >= 0.6 is 0 Å². The monoisotopic (exact) mass is 312 g/mol. The van der Waals surface area contributed by atoms with Crippen LogP contribution < -0.4 is 16.0 Å². The Morgan fingerprint density at radius 1 is 1.43 bits per heavy atom. The van der Waals surface area contributed by atoms with Gasteiger partial charge in [-0.3, -0.25) is 21.1 Å². The molecule has 2 aromatic rings. The number of nitro groups is 1. The standard InChI is InChI=1S/C10H12N6O4S/c11-15-9-2-1-8(3-10(9)16(17)18)21(19,20)14-6-7-4-12-13-5-7/h1-5,14-15H,6,11H2,(H,12,13). The fraction of sp³-hybridized carbons (Fsp3) is 0.100. The van der Waals surface area contributed by atoms with Crippen LogP contribution in [0, 0.1) is 10.1 Å². The molecule has 1 heterocycles. The Morgan fingerprint density at radius 3 is 2.76 bits per heavy atom. The number of nitrogens with one attached hydrogen (secondary N) is 3. The van der Waals surface area contributed by atoms with Crippen molar-refractivity contribution in [3.8, 4) is 0 Å². The predicted molar refractivity (Wildman–Crippen MR) is 73.5 cm³/mol. The molecule has 5 N–H and O–H groups in total. The normalized spacial score (nSPS) is 11.3. The predicted octanol–water partition coefficient (Wildman–Crippen LogP) is 0.0820. The maximum atomic E-state index is 12.1. The van der Waals surface area contributed by atoms with Crippen LogP contribution in [-0.4, -0.2) is 23.5 Å². The summed E-state index contributed by atoms with van der Waals surface area (Å²) in [5.74, 6) is 5.14. The topological polar surface area (TPSA) is 156 Å². The highest BCUT2D eigenvalue weighted by Gasteiger charge is 2.21. The lowest BCUT2D eigenvalue weighted by atomic mass is 10.3. The summed E-state index contributed by atoms with van der Waals surface area (Å²) in [7, 11) is -3.88. The second-order valence-electron chi connectivity index (χ2n) is 4.01. The summed E-state index contributed by atoms with van der Waals surface area (Å²) >= 11 is 0. The Morgan fingerprint density at radius 2 is 2.19 bits per heavy atom. The number of nitrogen functional groups attached to an aromatic ring is 1. The first-order valence-electron chi connectivity index (χ1n) is 5.66. The molecular formula is C10H12N6O4S. The van der Waals surface area contributed by atoms with Crippen LogP contribution in [0.15, 0.2) is 35.5 Å². The maximum Gasteiger partial charge on any atom is 0.294 e. The molecule has 1 aromatic heterocycles. The number of anilines is 1. The molecule has 0 fully saturated rings. The quantitative estimate of drug-likeness (QED) is 0.334. The largest absolute Gasteiger partial charge is 0.318 e. The molecule has 0 unspecified atom stereocenters. The third kappa shape index (κ3) is 3.34. The van der Waals surface area contributed by atoms with Crippen LogP contribution in [0.1, 0.15) is 5.56 Å². The lowest BCUT2D eigenvalue weighted by molar-refractivity contribution is -0.384. The van der Waals surface area contributed by atoms with Gasteiger partial charge in [0.15, 0.2) is 0 Å². The molecule has 0 atom stereocenters. The number of nitrogens with zero attached hydrogens (tertiary/aromatic N) is 2. The Labute approximate surface area is 119 Å². The van der Waals surface area contributed by atoms with Gasteiger partial charge in [-0.2, -0.15) is 5.10 Å². The third-order valence-electron chi connectivity index (χ3n) is 2.65. The van der Waals surface area contributed by atoms with Gasteiger partial charge in [-0.1, -0.05) is 0 Å². The van der Waals surface area contributed by atoms with Crippen molar-refractivity contribution in [2.75, 3.05) is 5.43 Å². The molecule has 0 aliphatic carbocycles. The summed E-state index contributed by atoms with van der Waals surface area (Å²) < 4.78 is 26.5. The molecule has 1 aromatic carbocycles. The van der Waals surface area contributed by atoms with E-state index in [-0.39, 0.29) is 17.1 Å². The molecule has 112 valence electrons. The highest BCUT2D eigenvalue weighted by atomic mass is 32.2. The van der Waals surface area contributed by atoms with E-state index >= 15 is 0 Å². The van der Waals surface area contributed by atoms with Gasteiger partial charge < -0.3 is 5.43 Å². The SMILES string of the molecule is NNc1ccc(S(=O)(=O)NCc2cn[nH]c2)cc1[N+](=O)[O-]. The molecule has 0 amide bonds. The molecule has 0 aliphatic heterocycles. The highest BCUT2D eigenvalue weighted by molar-refractivity contribution is 7.89. The van der Waals surface area contributed by atoms with E-state index in [0.29, 0.717) is 5.56 Å². The molecule has 0 bridgehead atoms. The second kappa shape index (κ2) is 5.87. The Balaban J connectivity index is 2.27. The van der Waals surface area contributed by atoms with Crippen molar-refractivity contribution in [1.82, 2.24) is 14.9 Å². The van der Waals surface area contributed by atoms with E-state index in [4.69, 9.17) is 5.84 Å². The first-order chi connectivity index (χ1) is 9.94. The molecular weight excluding hydrogens is 300 g/mol. The smallest absolute Gasteiger partial charge is 0.294 e. The number of sulfonamides is 1. The van der Waals surface area contributed by atoms with Crippen molar-refractivity contribution < 1.29 is 13.3 Å². The molecule has 2 rings (SSSR count). The average Bonchev–Trinajstić information content (AvgIpc) is 2.97. The number of aromatic amines is 1. The van der Waals surface area contributed by atoms with Crippen molar-refractivity contribution in [1.29, 1.82) is 0 Å². The van der Waals surface area contributed by atoms with Crippen molar-refractivity contribution in [3.05, 3.63) is 46.3 Å². The number of nitro benzene ring substituents is 1. The van der Waals surface area contributed by atoms with E-state index in [1.807, 2.05) is 0 Å². The van der Waals surface area contributed by atoms with E-state index < -0.39 is 20.6 Å². The summed E-state index contributed by atoms with van der Waals surface area (Å²) in [6.07, 6.45) is 3.00. The molecule has 0 saturated heterocycles. The van der Waals surface area contributed by atoms with Gasteiger partial charge in [0.05, 0.1) is 16.0 Å². The van der Waals surface area contributed by atoms with E-state index in [1.54, 1.807) is 0 Å². The zero-order valence-corrected chi connectivity index (χ0v) is 11.4. The number of hydrogen-bond acceptors (Lipinski definition) is 7. The van der Waals surface area contributed by atoms with Gasteiger partial charge in [0.25, 0.3) is 5.69 Å². The van der Waals surface area contributed by atoms with Crippen LogP contribution in [0.25, 0.3) is 0 Å². The van der Waals surface area contributed by atoms with Gasteiger partial charge in [-0.25, -0.2) is 13.1 Å². The maximum absolute atomic E-state index is 12.1. The van der Waals surface area contributed by atoms with Gasteiger partial charge in [0.1, 0.15) is 5.69 Å². The summed E-state index contributed by atoms with van der Waals surface area (Å²) in [4.78, 5) is 9.94. The Kier molecular flexibility index (Phi) is 4.16. The minimum atomic E-state index is -3.88. The third-order valence-corrected chi connectivity index (χ3v) is 4.05. The number of nitrogens with two attached hydrogens (primary N) is 1. The van der Waals surface area contributed by atoms with E-state index in [0.717, 1.165) is 6.07 Å². The summed E-state index contributed by atoms with van der Waals surface area (Å²) in [6, 6.07) is 3.39. The van der Waals surface area contributed by atoms with Crippen molar-refractivity contribution >= 4 is 21.4 Å². The van der Waals surface area contributed by atoms with Gasteiger partial charge in [-0.15, -0.1) is 0 Å². The first kappa shape index (κ1) is 14.9. The van der Waals surface area contributed by atoms with Crippen molar-refractivity contribution in [3.63, 3.8) is 0 Å². The number of rotatable bonds is 6. The average molecular weight is 312 g/mol. The number of benzene rings is 1. The lowest BCUT2D eigenvalue weighted by Gasteiger charge is -2.07. The summed E-state index contributed by atoms with van der Waals surface area (Å²) in [5, 5.41) is 17.1. The van der Waals surface area contributed by atoms with Gasteiger partial charge in [-0.05, 0) is 12.1 Å². The lowest BCUT2D eigenvalue weighted by Crippen LogP contribution is -2.23. The Bertz CT molecular complexity index is 743. The van der Waals surface area contributed by atoms with E-state index in [2.05, 4.69) is 20.3 Å². The zero-order valence-electron chi connectivity index (χ0n) is 10.6. The van der Waals surface area contributed by atoms with Crippen LogP contribution in [0.3, 0.4) is 0 Å². The number of aromatic nitrogens is 2. The Hall–Kier alpha value is -2.50. The summed E-state index contributed by atoms with van der Waals surface area (Å²) in [5.41, 5.74) is 2.37. The minimum absolute atomic E-state index is 0.0174.